The van der Waals surface area contributed by atoms with E-state index in [9.17, 15) is 0 Å². The number of fused-ring (bicyclic) bond motifs is 3. The Kier molecular flexibility index (Phi) is 2.87. The van der Waals surface area contributed by atoms with Gasteiger partial charge in [-0.15, -0.1) is 15.0 Å². The monoisotopic (exact) mass is 328 g/mol. The van der Waals surface area contributed by atoms with Gasteiger partial charge >= 0.3 is 0 Å². The van der Waals surface area contributed by atoms with Crippen LogP contribution >= 0.6 is 0 Å². The van der Waals surface area contributed by atoms with Gasteiger partial charge in [-0.2, -0.15) is 0 Å². The van der Waals surface area contributed by atoms with Gasteiger partial charge in [0.05, 0.1) is 0 Å². The van der Waals surface area contributed by atoms with Crippen molar-refractivity contribution in [3.05, 3.63) is 60.4 Å². The van der Waals surface area contributed by atoms with Crippen molar-refractivity contribution in [3.63, 3.8) is 0 Å². The van der Waals surface area contributed by atoms with Crippen LogP contribution in [0.25, 0.3) is 39.3 Å². The first-order valence-electron chi connectivity index (χ1n) is 7.79. The number of aryl methyl sites for hydroxylation is 1. The van der Waals surface area contributed by atoms with E-state index < -0.39 is 0 Å². The highest BCUT2D eigenvalue weighted by molar-refractivity contribution is 6.04. The molecule has 2 aromatic carbocycles. The summed E-state index contributed by atoms with van der Waals surface area (Å²) in [6.07, 6.45) is 1.48. The molecular formula is C18H12N6O. The molecule has 7 nitrogen and oxygen atoms in total. The summed E-state index contributed by atoms with van der Waals surface area (Å²) in [7, 11) is 0. The molecule has 5 rings (SSSR count). The van der Waals surface area contributed by atoms with Crippen LogP contribution in [-0.2, 0) is 0 Å². The topological polar surface area (TPSA) is 82.5 Å². The molecule has 0 bridgehead atoms. The Balaban J connectivity index is 1.67. The van der Waals surface area contributed by atoms with Gasteiger partial charge in [-0.05, 0) is 24.3 Å². The largest absolute Gasteiger partial charge is 0.450 e. The predicted molar refractivity (Wildman–Crippen MR) is 92.2 cm³/mol. The molecule has 0 fully saturated rings. The number of benzene rings is 2. The highest BCUT2D eigenvalue weighted by atomic mass is 16.3. The summed E-state index contributed by atoms with van der Waals surface area (Å²) in [5.41, 5.74) is 4.09. The molecule has 0 spiro atoms. The summed E-state index contributed by atoms with van der Waals surface area (Å²) in [6, 6.07) is 15.7. The number of furan rings is 1. The molecule has 0 aliphatic rings. The molecule has 0 radical (unpaired) electrons. The molecule has 0 atom stereocenters. The SMILES string of the molecule is Cc1ccc(-c2nnn(-c3ncnc4c3oc3ccccc34)n2)cc1. The predicted octanol–water partition coefficient (Wildman–Crippen LogP) is 3.33. The number of tetrazole rings is 1. The number of aromatic nitrogens is 6. The minimum Gasteiger partial charge on any atom is -0.450 e. The van der Waals surface area contributed by atoms with E-state index in [4.69, 9.17) is 4.42 Å². The van der Waals surface area contributed by atoms with Crippen LogP contribution in [0.1, 0.15) is 5.56 Å². The van der Waals surface area contributed by atoms with Crippen molar-refractivity contribution in [1.82, 2.24) is 30.2 Å². The van der Waals surface area contributed by atoms with Crippen LogP contribution in [0.5, 0.6) is 0 Å². The molecule has 0 amide bonds. The molecule has 3 heterocycles. The van der Waals surface area contributed by atoms with E-state index in [1.807, 2.05) is 55.5 Å². The maximum absolute atomic E-state index is 5.92. The third-order valence-electron chi connectivity index (χ3n) is 4.05. The van der Waals surface area contributed by atoms with Crippen LogP contribution < -0.4 is 0 Å². The normalized spacial score (nSPS) is 11.4. The molecule has 25 heavy (non-hydrogen) atoms. The Hall–Kier alpha value is -3.61. The molecule has 0 N–H and O–H groups in total. The molecule has 3 aromatic heterocycles. The average Bonchev–Trinajstić information content (AvgIpc) is 3.27. The van der Waals surface area contributed by atoms with Crippen molar-refractivity contribution in [3.8, 4) is 17.2 Å². The first-order chi connectivity index (χ1) is 12.3. The Labute approximate surface area is 141 Å². The first kappa shape index (κ1) is 13.8. The van der Waals surface area contributed by atoms with Crippen LogP contribution in [-0.4, -0.2) is 30.2 Å². The van der Waals surface area contributed by atoms with E-state index in [-0.39, 0.29) is 0 Å². The van der Waals surface area contributed by atoms with E-state index in [1.54, 1.807) is 0 Å². The second kappa shape index (κ2) is 5.20. The third kappa shape index (κ3) is 2.17. The summed E-state index contributed by atoms with van der Waals surface area (Å²) in [5.74, 6) is 0.995. The van der Waals surface area contributed by atoms with Gasteiger partial charge in [0.15, 0.2) is 5.58 Å². The lowest BCUT2D eigenvalue weighted by atomic mass is 10.1. The highest BCUT2D eigenvalue weighted by Gasteiger charge is 2.17. The van der Waals surface area contributed by atoms with Crippen molar-refractivity contribution in [1.29, 1.82) is 0 Å². The Morgan fingerprint density at radius 2 is 1.80 bits per heavy atom. The molecule has 5 aromatic rings. The van der Waals surface area contributed by atoms with E-state index in [2.05, 4.69) is 25.4 Å². The average molecular weight is 328 g/mol. The van der Waals surface area contributed by atoms with Crippen molar-refractivity contribution in [2.75, 3.05) is 0 Å². The fourth-order valence-corrected chi connectivity index (χ4v) is 2.78. The van der Waals surface area contributed by atoms with E-state index in [1.165, 1.54) is 16.7 Å². The lowest BCUT2D eigenvalue weighted by Gasteiger charge is -1.97. The van der Waals surface area contributed by atoms with E-state index in [0.29, 0.717) is 17.2 Å². The van der Waals surface area contributed by atoms with Gasteiger partial charge in [0.1, 0.15) is 17.4 Å². The van der Waals surface area contributed by atoms with Gasteiger partial charge < -0.3 is 4.42 Å². The maximum atomic E-state index is 5.92. The highest BCUT2D eigenvalue weighted by Crippen LogP contribution is 2.29. The van der Waals surface area contributed by atoms with Gasteiger partial charge in [0.25, 0.3) is 0 Å². The zero-order valence-corrected chi connectivity index (χ0v) is 13.3. The smallest absolute Gasteiger partial charge is 0.223 e. The molecule has 0 unspecified atom stereocenters. The van der Waals surface area contributed by atoms with Crippen molar-refractivity contribution < 1.29 is 4.42 Å². The second-order valence-corrected chi connectivity index (χ2v) is 5.74. The number of nitrogens with zero attached hydrogens (tertiary/aromatic N) is 6. The van der Waals surface area contributed by atoms with Gasteiger partial charge in [0, 0.05) is 10.9 Å². The van der Waals surface area contributed by atoms with Gasteiger partial charge in [0.2, 0.25) is 11.6 Å². The number of rotatable bonds is 2. The zero-order chi connectivity index (χ0) is 16.8. The summed E-state index contributed by atoms with van der Waals surface area (Å²) in [5, 5.41) is 13.6. The summed E-state index contributed by atoms with van der Waals surface area (Å²) in [6.45, 7) is 2.03. The molecular weight excluding hydrogens is 316 g/mol. The first-order valence-corrected chi connectivity index (χ1v) is 7.79. The Bertz CT molecular complexity index is 1210. The quantitative estimate of drug-likeness (QED) is 0.494. The number of hydrogen-bond acceptors (Lipinski definition) is 6. The molecule has 0 aliphatic carbocycles. The summed E-state index contributed by atoms with van der Waals surface area (Å²) < 4.78 is 5.92. The fraction of sp³-hybridized carbons (Fsp3) is 0.0556. The minimum atomic E-state index is 0.465. The molecule has 0 aliphatic heterocycles. The van der Waals surface area contributed by atoms with Crippen LogP contribution in [0.15, 0.2) is 59.3 Å². The summed E-state index contributed by atoms with van der Waals surface area (Å²) in [4.78, 5) is 10.00. The Morgan fingerprint density at radius 1 is 0.960 bits per heavy atom. The fourth-order valence-electron chi connectivity index (χ4n) is 2.78. The van der Waals surface area contributed by atoms with Gasteiger partial charge in [-0.25, -0.2) is 9.97 Å². The molecule has 7 heteroatoms. The van der Waals surface area contributed by atoms with Crippen molar-refractivity contribution >= 4 is 22.1 Å². The number of para-hydroxylation sites is 1. The Morgan fingerprint density at radius 3 is 2.68 bits per heavy atom. The van der Waals surface area contributed by atoms with Gasteiger partial charge in [-0.3, -0.25) is 0 Å². The van der Waals surface area contributed by atoms with Gasteiger partial charge in [-0.1, -0.05) is 42.0 Å². The standard InChI is InChI=1S/C18H12N6O/c1-11-6-8-12(9-7-11)17-21-23-24(22-17)18-16-15(19-10-20-18)13-4-2-3-5-14(13)25-16/h2-10H,1H3. The van der Waals surface area contributed by atoms with E-state index in [0.717, 1.165) is 22.0 Å². The van der Waals surface area contributed by atoms with Crippen LogP contribution in [0, 0.1) is 6.92 Å². The van der Waals surface area contributed by atoms with Crippen LogP contribution in [0.3, 0.4) is 0 Å². The van der Waals surface area contributed by atoms with Crippen LogP contribution in [0.4, 0.5) is 0 Å². The maximum Gasteiger partial charge on any atom is 0.223 e. The van der Waals surface area contributed by atoms with Crippen molar-refractivity contribution in [2.24, 2.45) is 0 Å². The molecule has 0 saturated carbocycles. The lowest BCUT2D eigenvalue weighted by Crippen LogP contribution is -2.02. The van der Waals surface area contributed by atoms with Crippen LogP contribution in [0.2, 0.25) is 0 Å². The molecule has 0 saturated heterocycles. The van der Waals surface area contributed by atoms with E-state index >= 15 is 0 Å². The van der Waals surface area contributed by atoms with Crippen molar-refractivity contribution in [2.45, 2.75) is 6.92 Å². The lowest BCUT2D eigenvalue weighted by molar-refractivity contribution is 0.637. The zero-order valence-electron chi connectivity index (χ0n) is 13.3. The third-order valence-corrected chi connectivity index (χ3v) is 4.05. The minimum absolute atomic E-state index is 0.465. The molecule has 120 valence electrons. The number of hydrogen-bond donors (Lipinski definition) is 0. The summed E-state index contributed by atoms with van der Waals surface area (Å²) >= 11 is 0. The second-order valence-electron chi connectivity index (χ2n) is 5.74.